The lowest BCUT2D eigenvalue weighted by atomic mass is 9.93. The van der Waals surface area contributed by atoms with Crippen LogP contribution in [0.2, 0.25) is 0 Å². The Hall–Kier alpha value is -2.59. The number of hydrogen-bond donors (Lipinski definition) is 0. The molecule has 0 fully saturated rings. The molecule has 2 heterocycles. The second-order valence-electron chi connectivity index (χ2n) is 7.11. The van der Waals surface area contributed by atoms with Gasteiger partial charge in [-0.05, 0) is 57.3 Å². The second-order valence-corrected chi connectivity index (χ2v) is 10.4. The van der Waals surface area contributed by atoms with Crippen LogP contribution in [0.3, 0.4) is 0 Å². The van der Waals surface area contributed by atoms with Crippen LogP contribution in [-0.4, -0.2) is 8.49 Å². The standard InChI is InChI=1S/C26H20IN/c1-17-15-23(19-9-5-3-6-10-19)21-13-14-22-24(20-11-7-4-8-12-20)16-18(2)28-26(22)25(21)27-17/h3-16H,1-2H3. The first kappa shape index (κ1) is 17.5. The molecular formula is C26H20IN. The van der Waals surface area contributed by atoms with E-state index in [1.165, 1.54) is 45.8 Å². The number of aromatic nitrogens is 1. The Kier molecular flexibility index (Phi) is 4.44. The molecule has 1 aliphatic rings. The van der Waals surface area contributed by atoms with Crippen molar-refractivity contribution < 1.29 is 0 Å². The predicted octanol–water partition coefficient (Wildman–Crippen LogP) is 6.99. The number of halogens is 1. The van der Waals surface area contributed by atoms with Gasteiger partial charge in [-0.25, -0.2) is 0 Å². The van der Waals surface area contributed by atoms with E-state index in [0.29, 0.717) is 0 Å². The first-order valence-electron chi connectivity index (χ1n) is 9.46. The molecular weight excluding hydrogens is 453 g/mol. The maximum Gasteiger partial charge on any atom is 0.0847 e. The van der Waals surface area contributed by atoms with Gasteiger partial charge in [0, 0.05) is 14.7 Å². The summed E-state index contributed by atoms with van der Waals surface area (Å²) in [6.45, 7) is 4.38. The zero-order valence-corrected chi connectivity index (χ0v) is 18.1. The third-order valence-corrected chi connectivity index (χ3v) is 7.89. The number of aryl methyl sites for hydroxylation is 1. The van der Waals surface area contributed by atoms with Gasteiger partial charge in [0.2, 0.25) is 0 Å². The Morgan fingerprint density at radius 2 is 1.39 bits per heavy atom. The fraction of sp³-hybridized carbons (Fsp3) is 0.0769. The molecule has 0 atom stereocenters. The monoisotopic (exact) mass is 473 g/mol. The Labute approximate surface area is 175 Å². The van der Waals surface area contributed by atoms with Crippen molar-refractivity contribution >= 4 is 40.7 Å². The van der Waals surface area contributed by atoms with Gasteiger partial charge in [0.1, 0.15) is 0 Å². The van der Waals surface area contributed by atoms with Crippen LogP contribution in [0.15, 0.2) is 84.9 Å². The Morgan fingerprint density at radius 1 is 0.714 bits per heavy atom. The van der Waals surface area contributed by atoms with E-state index >= 15 is 0 Å². The molecule has 0 saturated heterocycles. The molecule has 136 valence electrons. The number of nitrogens with zero attached hydrogens (tertiary/aromatic N) is 1. The van der Waals surface area contributed by atoms with Crippen molar-refractivity contribution in [1.82, 2.24) is 4.98 Å². The molecule has 0 N–H and O–H groups in total. The van der Waals surface area contributed by atoms with Crippen molar-refractivity contribution in [1.29, 1.82) is 0 Å². The van der Waals surface area contributed by atoms with E-state index in [1.54, 1.807) is 0 Å². The highest BCUT2D eigenvalue weighted by Crippen LogP contribution is 2.40. The molecule has 0 amide bonds. The highest BCUT2D eigenvalue weighted by atomic mass is 127. The number of rotatable bonds is 2. The molecule has 3 aromatic carbocycles. The highest BCUT2D eigenvalue weighted by molar-refractivity contribution is 14.2. The number of hydrogen-bond acceptors (Lipinski definition) is 1. The molecule has 0 bridgehead atoms. The Morgan fingerprint density at radius 3 is 2.11 bits per heavy atom. The van der Waals surface area contributed by atoms with Gasteiger partial charge >= 0.3 is 0 Å². The van der Waals surface area contributed by atoms with E-state index in [-0.39, 0.29) is 20.7 Å². The molecule has 28 heavy (non-hydrogen) atoms. The van der Waals surface area contributed by atoms with Crippen LogP contribution in [0.4, 0.5) is 0 Å². The van der Waals surface area contributed by atoms with Crippen LogP contribution in [0, 0.1) is 10.5 Å². The molecule has 0 unspecified atom stereocenters. The molecule has 5 rings (SSSR count). The van der Waals surface area contributed by atoms with E-state index in [4.69, 9.17) is 4.98 Å². The average molecular weight is 473 g/mol. The summed E-state index contributed by atoms with van der Waals surface area (Å²) < 4.78 is 2.94. The van der Waals surface area contributed by atoms with Gasteiger partial charge < -0.3 is 0 Å². The average Bonchev–Trinajstić information content (AvgIpc) is 2.74. The van der Waals surface area contributed by atoms with Gasteiger partial charge in [0.05, 0.1) is 5.52 Å². The first-order chi connectivity index (χ1) is 13.7. The van der Waals surface area contributed by atoms with Crippen LogP contribution in [0.1, 0.15) is 23.7 Å². The van der Waals surface area contributed by atoms with Crippen molar-refractivity contribution in [2.45, 2.75) is 13.8 Å². The lowest BCUT2D eigenvalue weighted by molar-refractivity contribution is 1.25. The molecule has 4 aromatic rings. The van der Waals surface area contributed by atoms with Gasteiger partial charge in [-0.2, -0.15) is 0 Å². The van der Waals surface area contributed by atoms with Crippen LogP contribution in [-0.2, 0) is 0 Å². The molecule has 0 saturated carbocycles. The Bertz CT molecular complexity index is 1250. The maximum atomic E-state index is 5.02. The summed E-state index contributed by atoms with van der Waals surface area (Å²) in [5.41, 5.74) is 8.76. The fourth-order valence-corrected chi connectivity index (χ4v) is 6.60. The summed E-state index contributed by atoms with van der Waals surface area (Å²) in [6.07, 6.45) is 2.38. The van der Waals surface area contributed by atoms with Crippen LogP contribution in [0.5, 0.6) is 0 Å². The number of benzene rings is 3. The van der Waals surface area contributed by atoms with E-state index in [1.807, 2.05) is 0 Å². The molecule has 1 aliphatic heterocycles. The van der Waals surface area contributed by atoms with Gasteiger partial charge in [-0.3, -0.25) is 4.98 Å². The predicted molar refractivity (Wildman–Crippen MR) is 129 cm³/mol. The maximum absolute atomic E-state index is 5.02. The van der Waals surface area contributed by atoms with Crippen LogP contribution >= 0.6 is 20.7 Å². The summed E-state index contributed by atoms with van der Waals surface area (Å²) in [4.78, 5) is 5.02. The topological polar surface area (TPSA) is 12.9 Å². The van der Waals surface area contributed by atoms with Crippen molar-refractivity contribution in [2.24, 2.45) is 0 Å². The summed E-state index contributed by atoms with van der Waals surface area (Å²) in [7, 11) is 0. The zero-order valence-electron chi connectivity index (χ0n) is 15.9. The Balaban J connectivity index is 1.81. The summed E-state index contributed by atoms with van der Waals surface area (Å²) >= 11 is -0.207. The third kappa shape index (κ3) is 3.02. The lowest BCUT2D eigenvalue weighted by Crippen LogP contribution is -2.02. The number of pyridine rings is 1. The van der Waals surface area contributed by atoms with Crippen molar-refractivity contribution in [3.05, 3.63) is 105 Å². The van der Waals surface area contributed by atoms with E-state index in [9.17, 15) is 0 Å². The largest absolute Gasteiger partial charge is 0.252 e. The smallest absolute Gasteiger partial charge is 0.0847 e. The van der Waals surface area contributed by atoms with E-state index < -0.39 is 0 Å². The summed E-state index contributed by atoms with van der Waals surface area (Å²) in [5.74, 6) is 0. The minimum Gasteiger partial charge on any atom is -0.252 e. The van der Waals surface area contributed by atoms with Crippen molar-refractivity contribution in [2.75, 3.05) is 0 Å². The lowest BCUT2D eigenvalue weighted by Gasteiger charge is -2.19. The summed E-state index contributed by atoms with van der Waals surface area (Å²) in [6, 6.07) is 28.2. The number of fused-ring (bicyclic) bond motifs is 3. The molecule has 1 nitrogen and oxygen atoms in total. The first-order valence-corrected chi connectivity index (χ1v) is 11.6. The second kappa shape index (κ2) is 7.10. The normalized spacial score (nSPS) is 13.4. The highest BCUT2D eigenvalue weighted by Gasteiger charge is 2.19. The van der Waals surface area contributed by atoms with Crippen LogP contribution < -0.4 is 0 Å². The number of allylic oxidation sites excluding steroid dienone is 1. The fourth-order valence-electron chi connectivity index (χ4n) is 3.86. The molecule has 0 radical (unpaired) electrons. The molecule has 2 heteroatoms. The van der Waals surface area contributed by atoms with Crippen molar-refractivity contribution in [3.63, 3.8) is 0 Å². The molecule has 0 aliphatic carbocycles. The van der Waals surface area contributed by atoms with Gasteiger partial charge in [-0.1, -0.05) is 93.5 Å². The molecule has 0 spiro atoms. The SMILES string of the molecule is CC1=Ic2c(ccc3c(-c4ccccc4)cc(C)nc23)C(c2ccccc2)=C1. The van der Waals surface area contributed by atoms with E-state index in [2.05, 4.69) is 98.8 Å². The van der Waals surface area contributed by atoms with Gasteiger partial charge in [0.15, 0.2) is 0 Å². The summed E-state index contributed by atoms with van der Waals surface area (Å²) in [5, 5.41) is 1.26. The third-order valence-electron chi connectivity index (χ3n) is 5.09. The van der Waals surface area contributed by atoms with E-state index in [0.717, 1.165) is 5.69 Å². The molecule has 1 aromatic heterocycles. The van der Waals surface area contributed by atoms with Gasteiger partial charge in [0.25, 0.3) is 0 Å². The minimum absolute atomic E-state index is 0.207. The zero-order chi connectivity index (χ0) is 19.1. The van der Waals surface area contributed by atoms with Gasteiger partial charge in [-0.15, -0.1) is 0 Å². The minimum atomic E-state index is -0.207. The van der Waals surface area contributed by atoms with Crippen LogP contribution in [0.25, 0.3) is 27.6 Å². The quantitative estimate of drug-likeness (QED) is 0.286. The van der Waals surface area contributed by atoms with Crippen molar-refractivity contribution in [3.8, 4) is 11.1 Å².